The Balaban J connectivity index is 1.30. The van der Waals surface area contributed by atoms with Crippen LogP contribution < -0.4 is 9.57 Å². The van der Waals surface area contributed by atoms with Gasteiger partial charge in [0, 0.05) is 11.8 Å². The zero-order valence-corrected chi connectivity index (χ0v) is 17.5. The van der Waals surface area contributed by atoms with Gasteiger partial charge < -0.3 is 4.90 Å². The average molecular weight is 443 g/mol. The molecule has 1 aliphatic carbocycles. The molecule has 0 unspecified atom stereocenters. The maximum Gasteiger partial charge on any atom is 0.417 e. The second-order valence-electron chi connectivity index (χ2n) is 8.37. The van der Waals surface area contributed by atoms with Crippen molar-refractivity contribution in [3.05, 3.63) is 70.7 Å². The molecular formula is C24H23F4N4+. The summed E-state index contributed by atoms with van der Waals surface area (Å²) in [7, 11) is 0. The standard InChI is InChI=1S/C24H23F4N4/c25-18-7-4-16(5-8-18)14-21-19-2-1-3-20(19)23(30-21)32-12-10-31(11-13-32)22-9-6-17(15-29-22)24(26,27)28/h4-9,15H,1-3,10-14H2/q+1. The van der Waals surface area contributed by atoms with E-state index in [1.165, 1.54) is 29.3 Å². The van der Waals surface area contributed by atoms with Crippen molar-refractivity contribution < 1.29 is 17.6 Å². The zero-order chi connectivity index (χ0) is 22.3. The molecule has 0 N–H and O–H groups in total. The molecule has 0 radical (unpaired) electrons. The van der Waals surface area contributed by atoms with Crippen LogP contribution in [0.15, 0.2) is 53.7 Å². The van der Waals surface area contributed by atoms with E-state index in [-0.39, 0.29) is 5.82 Å². The van der Waals surface area contributed by atoms with Crippen molar-refractivity contribution in [3.63, 3.8) is 0 Å². The number of halogens is 4. The summed E-state index contributed by atoms with van der Waals surface area (Å²) < 4.78 is 56.6. The van der Waals surface area contributed by atoms with Gasteiger partial charge in [-0.3, -0.25) is 0 Å². The van der Waals surface area contributed by atoms with Crippen LogP contribution in [0.2, 0.25) is 0 Å². The largest absolute Gasteiger partial charge is 0.417 e. The number of hydrogen-bond acceptors (Lipinski definition) is 3. The summed E-state index contributed by atoms with van der Waals surface area (Å²) in [5.41, 5.74) is 4.04. The Kier molecular flexibility index (Phi) is 5.25. The van der Waals surface area contributed by atoms with Gasteiger partial charge in [0.2, 0.25) is 5.71 Å². The molecule has 1 saturated heterocycles. The van der Waals surface area contributed by atoms with E-state index in [1.54, 1.807) is 12.1 Å². The third kappa shape index (κ3) is 4.02. The predicted octanol–water partition coefficient (Wildman–Crippen LogP) is 4.01. The molecule has 5 rings (SSSR count). The third-order valence-corrected chi connectivity index (χ3v) is 6.34. The molecule has 8 heteroatoms. The normalized spacial score (nSPS) is 18.8. The van der Waals surface area contributed by atoms with Crippen molar-refractivity contribution in [2.24, 2.45) is 0 Å². The van der Waals surface area contributed by atoms with Gasteiger partial charge in [0.15, 0.2) is 0 Å². The maximum absolute atomic E-state index is 13.2. The van der Waals surface area contributed by atoms with E-state index in [0.29, 0.717) is 25.3 Å². The van der Waals surface area contributed by atoms with Crippen molar-refractivity contribution in [3.8, 4) is 0 Å². The highest BCUT2D eigenvalue weighted by Gasteiger charge is 2.40. The minimum absolute atomic E-state index is 0.240. The summed E-state index contributed by atoms with van der Waals surface area (Å²) in [5.74, 6) is 1.36. The first kappa shape index (κ1) is 20.8. The molecular weight excluding hydrogens is 420 g/mol. The Hall–Kier alpha value is -3.12. The highest BCUT2D eigenvalue weighted by atomic mass is 19.4. The summed E-state index contributed by atoms with van der Waals surface area (Å²) in [5, 5.41) is 0. The van der Waals surface area contributed by atoms with Gasteiger partial charge in [-0.25, -0.2) is 18.9 Å². The number of hydrogen-bond donors (Lipinski definition) is 0. The molecule has 3 heterocycles. The van der Waals surface area contributed by atoms with Crippen LogP contribution in [0.1, 0.15) is 30.4 Å². The fourth-order valence-electron chi connectivity index (χ4n) is 4.66. The molecule has 2 aromatic rings. The molecule has 0 spiro atoms. The number of rotatable bonds is 3. The fourth-order valence-corrected chi connectivity index (χ4v) is 4.66. The Morgan fingerprint density at radius 1 is 0.875 bits per heavy atom. The molecule has 2 aliphatic heterocycles. The lowest BCUT2D eigenvalue weighted by Crippen LogP contribution is -2.49. The first-order valence-corrected chi connectivity index (χ1v) is 10.8. The van der Waals surface area contributed by atoms with E-state index in [0.717, 1.165) is 61.7 Å². The smallest absolute Gasteiger partial charge is 0.349 e. The molecule has 166 valence electrons. The van der Waals surface area contributed by atoms with E-state index < -0.39 is 11.7 Å². The first-order valence-electron chi connectivity index (χ1n) is 10.8. The minimum atomic E-state index is -4.38. The van der Waals surface area contributed by atoms with Crippen LogP contribution in [-0.2, 0) is 12.6 Å². The summed E-state index contributed by atoms with van der Waals surface area (Å²) in [6.45, 7) is 2.82. The molecule has 0 bridgehead atoms. The highest BCUT2D eigenvalue weighted by Crippen LogP contribution is 2.32. The van der Waals surface area contributed by atoms with Crippen LogP contribution >= 0.6 is 0 Å². The van der Waals surface area contributed by atoms with Crippen molar-refractivity contribution >= 4 is 17.4 Å². The highest BCUT2D eigenvalue weighted by molar-refractivity contribution is 6.17. The lowest BCUT2D eigenvalue weighted by atomic mass is 10.0. The number of allylic oxidation sites excluding steroid dienone is 1. The number of pyridine rings is 1. The fraction of sp³-hybridized carbons (Fsp3) is 0.375. The van der Waals surface area contributed by atoms with Gasteiger partial charge in [-0.1, -0.05) is 12.1 Å². The maximum atomic E-state index is 13.2. The monoisotopic (exact) mass is 443 g/mol. The predicted molar refractivity (Wildman–Crippen MR) is 116 cm³/mol. The molecule has 1 aromatic heterocycles. The molecule has 0 amide bonds. The number of anilines is 1. The van der Waals surface area contributed by atoms with Crippen LogP contribution in [0.25, 0.3) is 0 Å². The Morgan fingerprint density at radius 3 is 2.22 bits per heavy atom. The lowest BCUT2D eigenvalue weighted by molar-refractivity contribution is -0.137. The topological polar surface area (TPSA) is 33.5 Å². The van der Waals surface area contributed by atoms with E-state index >= 15 is 0 Å². The number of nitrogens with zero attached hydrogens (tertiary/aromatic N) is 4. The van der Waals surface area contributed by atoms with E-state index in [2.05, 4.69) is 9.88 Å². The number of aromatic nitrogens is 1. The number of benzene rings is 1. The van der Waals surface area contributed by atoms with Gasteiger partial charge in [-0.2, -0.15) is 13.2 Å². The first-order chi connectivity index (χ1) is 15.4. The second kappa shape index (κ2) is 8.10. The van der Waals surface area contributed by atoms with Gasteiger partial charge in [0.25, 0.3) is 0 Å². The summed E-state index contributed by atoms with van der Waals surface area (Å²) in [6, 6.07) is 9.10. The quantitative estimate of drug-likeness (QED) is 0.531. The van der Waals surface area contributed by atoms with Crippen LogP contribution in [0, 0.1) is 5.82 Å². The van der Waals surface area contributed by atoms with Gasteiger partial charge in [-0.05, 0) is 49.1 Å². The van der Waals surface area contributed by atoms with Crippen LogP contribution in [0.5, 0.6) is 0 Å². The molecule has 4 nitrogen and oxygen atoms in total. The van der Waals surface area contributed by atoms with Crippen LogP contribution in [-0.4, -0.2) is 47.6 Å². The van der Waals surface area contributed by atoms with Gasteiger partial charge in [-0.15, -0.1) is 0 Å². The Bertz CT molecular complexity index is 1100. The molecule has 0 atom stereocenters. The Morgan fingerprint density at radius 2 is 1.56 bits per heavy atom. The SMILES string of the molecule is Fc1ccc(CC2=[N+]=C(N3CCN(c4ccc(C(F)(F)F)cn4)CC3)C3=C2CCC3)cc1. The van der Waals surface area contributed by atoms with Crippen molar-refractivity contribution in [2.45, 2.75) is 31.9 Å². The van der Waals surface area contributed by atoms with Gasteiger partial charge in [0.1, 0.15) is 24.7 Å². The van der Waals surface area contributed by atoms with Crippen molar-refractivity contribution in [1.29, 1.82) is 0 Å². The summed E-state index contributed by atoms with van der Waals surface area (Å²) in [4.78, 5) is 8.32. The van der Waals surface area contributed by atoms with E-state index in [1.807, 2.05) is 4.90 Å². The molecule has 0 saturated carbocycles. The van der Waals surface area contributed by atoms with Gasteiger partial charge >= 0.3 is 12.0 Å². The van der Waals surface area contributed by atoms with E-state index in [4.69, 9.17) is 4.67 Å². The summed E-state index contributed by atoms with van der Waals surface area (Å²) in [6.07, 6.45) is 0.370. The number of amidine groups is 1. The molecule has 1 fully saturated rings. The molecule has 1 aromatic carbocycles. The van der Waals surface area contributed by atoms with E-state index in [9.17, 15) is 17.6 Å². The third-order valence-electron chi connectivity index (χ3n) is 6.34. The molecule has 32 heavy (non-hydrogen) atoms. The number of piperazine rings is 1. The lowest BCUT2D eigenvalue weighted by Gasteiger charge is -2.31. The van der Waals surface area contributed by atoms with Crippen molar-refractivity contribution in [1.82, 2.24) is 14.6 Å². The average Bonchev–Trinajstić information content (AvgIpc) is 3.39. The van der Waals surface area contributed by atoms with Gasteiger partial charge in [0.05, 0.1) is 30.6 Å². The van der Waals surface area contributed by atoms with Crippen LogP contribution in [0.3, 0.4) is 0 Å². The van der Waals surface area contributed by atoms with Crippen molar-refractivity contribution in [2.75, 3.05) is 31.1 Å². The number of alkyl halides is 3. The van der Waals surface area contributed by atoms with Crippen LogP contribution in [0.4, 0.5) is 23.4 Å². The Labute approximate surface area is 183 Å². The second-order valence-corrected chi connectivity index (χ2v) is 8.37. The zero-order valence-electron chi connectivity index (χ0n) is 17.5. The molecule has 3 aliphatic rings. The minimum Gasteiger partial charge on any atom is -0.349 e. The summed E-state index contributed by atoms with van der Waals surface area (Å²) >= 11 is 0.